The number of carbonyl (C=O) groups excluding carboxylic acids is 2. The van der Waals surface area contributed by atoms with Crippen LogP contribution < -0.4 is 20.7 Å². The van der Waals surface area contributed by atoms with E-state index in [2.05, 4.69) is 16.0 Å². The Morgan fingerprint density at radius 2 is 1.96 bits per heavy atom. The smallest absolute Gasteiger partial charge is 0.228 e. The zero-order valence-electron chi connectivity index (χ0n) is 14.6. The van der Waals surface area contributed by atoms with Crippen molar-refractivity contribution in [2.45, 2.75) is 40.0 Å². The summed E-state index contributed by atoms with van der Waals surface area (Å²) < 4.78 is 5.31. The number of methoxy groups -OCH3 is 1. The van der Waals surface area contributed by atoms with Gasteiger partial charge in [0.1, 0.15) is 5.75 Å². The molecule has 0 saturated carbocycles. The van der Waals surface area contributed by atoms with Crippen molar-refractivity contribution in [1.29, 1.82) is 0 Å². The van der Waals surface area contributed by atoms with Crippen molar-refractivity contribution >= 4 is 40.5 Å². The van der Waals surface area contributed by atoms with Gasteiger partial charge in [0.25, 0.3) is 0 Å². The Hall–Kier alpha value is -2.15. The summed E-state index contributed by atoms with van der Waals surface area (Å²) in [6, 6.07) is 5.20. The molecule has 0 saturated heterocycles. The third kappa shape index (κ3) is 6.54. The second-order valence-corrected chi connectivity index (χ2v) is 6.07. The third-order valence-corrected chi connectivity index (χ3v) is 3.46. The molecule has 1 rings (SSSR count). The van der Waals surface area contributed by atoms with Crippen LogP contribution >= 0.6 is 12.2 Å². The number of nitrogens with one attached hydrogen (secondary N) is 3. The Balaban J connectivity index is 2.73. The monoisotopic (exact) mass is 351 g/mol. The summed E-state index contributed by atoms with van der Waals surface area (Å²) in [5.41, 5.74) is 1.26. The largest absolute Gasteiger partial charge is 0.494 e. The molecule has 0 aromatic heterocycles. The van der Waals surface area contributed by atoms with Gasteiger partial charge in [0.15, 0.2) is 5.11 Å². The van der Waals surface area contributed by atoms with Gasteiger partial charge in [-0.15, -0.1) is 0 Å². The molecule has 7 heteroatoms. The number of unbranched alkanes of at least 4 members (excludes halogenated alkanes) is 1. The Labute approximate surface area is 148 Å². The summed E-state index contributed by atoms with van der Waals surface area (Å²) in [7, 11) is 1.53. The zero-order valence-corrected chi connectivity index (χ0v) is 15.4. The van der Waals surface area contributed by atoms with Gasteiger partial charge in [0.05, 0.1) is 12.8 Å². The van der Waals surface area contributed by atoms with Gasteiger partial charge in [-0.05, 0) is 30.8 Å². The van der Waals surface area contributed by atoms with Crippen LogP contribution in [0.3, 0.4) is 0 Å². The normalized spacial score (nSPS) is 10.2. The number of amides is 2. The van der Waals surface area contributed by atoms with E-state index >= 15 is 0 Å². The number of anilines is 2. The molecule has 0 heterocycles. The van der Waals surface area contributed by atoms with E-state index in [1.165, 1.54) is 7.11 Å². The van der Waals surface area contributed by atoms with Gasteiger partial charge in [-0.25, -0.2) is 0 Å². The minimum absolute atomic E-state index is 0.0458. The molecule has 1 aromatic carbocycles. The first-order valence-corrected chi connectivity index (χ1v) is 8.38. The maximum Gasteiger partial charge on any atom is 0.228 e. The van der Waals surface area contributed by atoms with E-state index in [9.17, 15) is 9.59 Å². The predicted molar refractivity (Wildman–Crippen MR) is 100 cm³/mol. The topological polar surface area (TPSA) is 79.5 Å². The fourth-order valence-electron chi connectivity index (χ4n) is 1.84. The highest BCUT2D eigenvalue weighted by atomic mass is 32.1. The quantitative estimate of drug-likeness (QED) is 0.657. The van der Waals surface area contributed by atoms with E-state index in [0.717, 1.165) is 12.8 Å². The summed E-state index contributed by atoms with van der Waals surface area (Å²) >= 11 is 5.11. The van der Waals surface area contributed by atoms with Crippen LogP contribution in [0, 0.1) is 5.92 Å². The molecule has 0 radical (unpaired) electrons. The fourth-order valence-corrected chi connectivity index (χ4v) is 2.06. The molecule has 0 aliphatic carbocycles. The lowest BCUT2D eigenvalue weighted by atomic mass is 10.2. The second kappa shape index (κ2) is 9.87. The van der Waals surface area contributed by atoms with Gasteiger partial charge in [0.2, 0.25) is 11.8 Å². The van der Waals surface area contributed by atoms with Crippen LogP contribution in [0.4, 0.5) is 11.4 Å². The number of ether oxygens (including phenoxy) is 1. The molecule has 0 aliphatic heterocycles. The minimum atomic E-state index is -0.153. The number of thiocarbonyl (C=S) groups is 1. The molecule has 0 bridgehead atoms. The minimum Gasteiger partial charge on any atom is -0.494 e. The van der Waals surface area contributed by atoms with Crippen LogP contribution in [0.15, 0.2) is 18.2 Å². The van der Waals surface area contributed by atoms with Crippen molar-refractivity contribution in [2.75, 3.05) is 17.7 Å². The Bertz CT molecular complexity index is 603. The first-order valence-electron chi connectivity index (χ1n) is 7.97. The Morgan fingerprint density at radius 3 is 2.54 bits per heavy atom. The lowest BCUT2D eigenvalue weighted by Gasteiger charge is -2.14. The summed E-state index contributed by atoms with van der Waals surface area (Å²) in [6.45, 7) is 5.61. The van der Waals surface area contributed by atoms with E-state index in [1.54, 1.807) is 32.0 Å². The first-order chi connectivity index (χ1) is 11.4. The van der Waals surface area contributed by atoms with Gasteiger partial charge in [-0.3, -0.25) is 9.59 Å². The Morgan fingerprint density at radius 1 is 1.25 bits per heavy atom. The SMILES string of the molecule is CCCCC(=O)Nc1ccc(NC(=S)NC(=O)C(C)C)cc1OC. The number of benzene rings is 1. The molecular formula is C17H25N3O3S. The number of hydrogen-bond acceptors (Lipinski definition) is 4. The van der Waals surface area contributed by atoms with Crippen LogP contribution in [-0.2, 0) is 9.59 Å². The predicted octanol–water partition coefficient (Wildman–Crippen LogP) is 3.29. The lowest BCUT2D eigenvalue weighted by Crippen LogP contribution is -2.36. The van der Waals surface area contributed by atoms with Crippen LogP contribution in [0.5, 0.6) is 5.75 Å². The van der Waals surface area contributed by atoms with Crippen LogP contribution in [0.25, 0.3) is 0 Å². The number of hydrogen-bond donors (Lipinski definition) is 3. The van der Waals surface area contributed by atoms with Gasteiger partial charge in [-0.2, -0.15) is 0 Å². The molecule has 1 aromatic rings. The maximum atomic E-state index is 11.8. The standard InChI is InChI=1S/C17H25N3O3S/c1-5-6-7-15(21)19-13-9-8-12(10-14(13)23-4)18-17(24)20-16(22)11(2)3/h8-11H,5-7H2,1-4H3,(H,19,21)(H2,18,20,22,24). The number of rotatable bonds is 7. The van der Waals surface area contributed by atoms with Crippen molar-refractivity contribution < 1.29 is 14.3 Å². The maximum absolute atomic E-state index is 11.8. The van der Waals surface area contributed by atoms with Crippen molar-refractivity contribution in [2.24, 2.45) is 5.92 Å². The van der Waals surface area contributed by atoms with Crippen molar-refractivity contribution in [3.8, 4) is 5.75 Å². The van der Waals surface area contributed by atoms with Gasteiger partial charge >= 0.3 is 0 Å². The zero-order chi connectivity index (χ0) is 18.1. The molecule has 0 aliphatic rings. The molecule has 0 spiro atoms. The van der Waals surface area contributed by atoms with Crippen molar-refractivity contribution in [1.82, 2.24) is 5.32 Å². The van der Waals surface area contributed by atoms with E-state index in [4.69, 9.17) is 17.0 Å². The van der Waals surface area contributed by atoms with E-state index in [1.807, 2.05) is 6.92 Å². The molecule has 0 fully saturated rings. The summed E-state index contributed by atoms with van der Waals surface area (Å²) in [5.74, 6) is 0.165. The molecule has 24 heavy (non-hydrogen) atoms. The highest BCUT2D eigenvalue weighted by Gasteiger charge is 2.11. The molecule has 6 nitrogen and oxygen atoms in total. The average Bonchev–Trinajstić information content (AvgIpc) is 2.53. The van der Waals surface area contributed by atoms with E-state index < -0.39 is 0 Å². The highest BCUT2D eigenvalue weighted by Crippen LogP contribution is 2.28. The van der Waals surface area contributed by atoms with Crippen LogP contribution in [0.1, 0.15) is 40.0 Å². The molecular weight excluding hydrogens is 326 g/mol. The van der Waals surface area contributed by atoms with Crippen molar-refractivity contribution in [3.05, 3.63) is 18.2 Å². The summed E-state index contributed by atoms with van der Waals surface area (Å²) in [5, 5.41) is 8.58. The summed E-state index contributed by atoms with van der Waals surface area (Å²) in [6.07, 6.45) is 2.29. The van der Waals surface area contributed by atoms with Gasteiger partial charge in [-0.1, -0.05) is 27.2 Å². The molecule has 132 valence electrons. The Kier molecular flexibility index (Phi) is 8.18. The molecule has 3 N–H and O–H groups in total. The van der Waals surface area contributed by atoms with Gasteiger partial charge < -0.3 is 20.7 Å². The molecule has 2 amide bonds. The summed E-state index contributed by atoms with van der Waals surface area (Å²) in [4.78, 5) is 23.5. The van der Waals surface area contributed by atoms with Crippen LogP contribution in [-0.4, -0.2) is 24.0 Å². The number of carbonyl (C=O) groups is 2. The second-order valence-electron chi connectivity index (χ2n) is 5.66. The lowest BCUT2D eigenvalue weighted by molar-refractivity contribution is -0.122. The average molecular weight is 351 g/mol. The van der Waals surface area contributed by atoms with Gasteiger partial charge in [0, 0.05) is 24.1 Å². The van der Waals surface area contributed by atoms with Crippen LogP contribution in [0.2, 0.25) is 0 Å². The third-order valence-electron chi connectivity index (χ3n) is 3.25. The highest BCUT2D eigenvalue weighted by molar-refractivity contribution is 7.80. The molecule has 0 atom stereocenters. The fraction of sp³-hybridized carbons (Fsp3) is 0.471. The van der Waals surface area contributed by atoms with E-state index in [0.29, 0.717) is 23.5 Å². The first kappa shape index (κ1) is 19.9. The van der Waals surface area contributed by atoms with Crippen molar-refractivity contribution in [3.63, 3.8) is 0 Å². The molecule has 0 unspecified atom stereocenters. The van der Waals surface area contributed by atoms with E-state index in [-0.39, 0.29) is 22.8 Å².